The Morgan fingerprint density at radius 3 is 2.44 bits per heavy atom. The Morgan fingerprint density at radius 2 is 1.88 bits per heavy atom. The van der Waals surface area contributed by atoms with Gasteiger partial charge in [-0.1, -0.05) is 11.6 Å². The van der Waals surface area contributed by atoms with Gasteiger partial charge in [0.05, 0.1) is 10.7 Å². The Labute approximate surface area is 105 Å². The molecule has 0 aromatic heterocycles. The third kappa shape index (κ3) is 2.11. The molecule has 0 unspecified atom stereocenters. The summed E-state index contributed by atoms with van der Waals surface area (Å²) in [7, 11) is 0. The summed E-state index contributed by atoms with van der Waals surface area (Å²) in [6, 6.07) is 4.90. The number of rotatable bonds is 1. The van der Waals surface area contributed by atoms with Gasteiger partial charge in [0.1, 0.15) is 13.2 Å². The lowest BCUT2D eigenvalue weighted by molar-refractivity contribution is -0.138. The summed E-state index contributed by atoms with van der Waals surface area (Å²) in [5.41, 5.74) is 0.464. The van der Waals surface area contributed by atoms with Gasteiger partial charge in [-0.3, -0.25) is 9.59 Å². The highest BCUT2D eigenvalue weighted by Gasteiger charge is 2.28. The van der Waals surface area contributed by atoms with Crippen molar-refractivity contribution in [2.45, 2.75) is 0 Å². The number of carbonyl (C=O) groups excluding carboxylic acids is 2. The Morgan fingerprint density at radius 1 is 1.25 bits per heavy atom. The maximum atomic E-state index is 11.5. The number of ether oxygens (including phenoxy) is 1. The van der Waals surface area contributed by atoms with E-state index in [-0.39, 0.29) is 25.0 Å². The van der Waals surface area contributed by atoms with Crippen molar-refractivity contribution in [2.75, 3.05) is 18.1 Å². The van der Waals surface area contributed by atoms with Crippen LogP contribution in [0.2, 0.25) is 5.02 Å². The molecule has 1 aliphatic heterocycles. The number of carbonyl (C=O) groups is 2. The molecule has 1 aromatic rings. The highest BCUT2D eigenvalue weighted by Crippen LogP contribution is 2.28. The molecule has 1 aliphatic rings. The summed E-state index contributed by atoms with van der Waals surface area (Å²) in [5.74, 6) is -0.760. The van der Waals surface area contributed by atoms with E-state index in [1.807, 2.05) is 0 Å². The molecule has 0 bridgehead atoms. The summed E-state index contributed by atoms with van der Waals surface area (Å²) in [6.45, 7) is -0.168. The molecule has 4 nitrogen and oxygen atoms in total. The van der Waals surface area contributed by atoms with E-state index in [1.165, 1.54) is 0 Å². The number of anilines is 1. The van der Waals surface area contributed by atoms with Gasteiger partial charge in [-0.25, -0.2) is 4.90 Å². The Balaban J connectivity index is 2.38. The van der Waals surface area contributed by atoms with Crippen molar-refractivity contribution in [2.24, 2.45) is 0 Å². The van der Waals surface area contributed by atoms with Crippen molar-refractivity contribution in [3.05, 3.63) is 27.7 Å². The molecule has 0 spiro atoms. The topological polar surface area (TPSA) is 46.6 Å². The molecule has 1 fully saturated rings. The number of amides is 2. The fourth-order valence-electron chi connectivity index (χ4n) is 1.41. The molecule has 1 aromatic carbocycles. The largest absolute Gasteiger partial charge is 0.362 e. The third-order valence-electron chi connectivity index (χ3n) is 2.11. The number of imide groups is 1. The number of hydrogen-bond donors (Lipinski definition) is 0. The molecule has 2 rings (SSSR count). The van der Waals surface area contributed by atoms with Crippen LogP contribution in [0.5, 0.6) is 0 Å². The van der Waals surface area contributed by atoms with Gasteiger partial charge >= 0.3 is 0 Å². The second kappa shape index (κ2) is 4.53. The zero-order valence-corrected chi connectivity index (χ0v) is 10.4. The summed E-state index contributed by atoms with van der Waals surface area (Å²) < 4.78 is 5.53. The van der Waals surface area contributed by atoms with E-state index in [0.29, 0.717) is 15.2 Å². The van der Waals surface area contributed by atoms with Gasteiger partial charge in [-0.05, 0) is 34.1 Å². The van der Waals surface area contributed by atoms with Gasteiger partial charge in [-0.2, -0.15) is 0 Å². The van der Waals surface area contributed by atoms with Gasteiger partial charge in [0.25, 0.3) is 11.8 Å². The van der Waals surface area contributed by atoms with Crippen LogP contribution in [0.25, 0.3) is 0 Å². The highest BCUT2D eigenvalue weighted by molar-refractivity contribution is 9.10. The first kappa shape index (κ1) is 11.6. The maximum absolute atomic E-state index is 11.5. The average molecular weight is 305 g/mol. The summed E-state index contributed by atoms with van der Waals surface area (Å²) in [5, 5.41) is 0.449. The molecule has 1 heterocycles. The van der Waals surface area contributed by atoms with Crippen LogP contribution < -0.4 is 4.90 Å². The zero-order valence-electron chi connectivity index (χ0n) is 8.07. The number of hydrogen-bond acceptors (Lipinski definition) is 3. The van der Waals surface area contributed by atoms with Gasteiger partial charge < -0.3 is 4.74 Å². The predicted octanol–water partition coefficient (Wildman–Crippen LogP) is 1.99. The molecular formula is C10H7BrClNO3. The first-order chi connectivity index (χ1) is 7.59. The van der Waals surface area contributed by atoms with E-state index >= 15 is 0 Å². The molecule has 0 N–H and O–H groups in total. The molecule has 0 saturated carbocycles. The second-order valence-corrected chi connectivity index (χ2v) is 4.48. The van der Waals surface area contributed by atoms with Crippen LogP contribution in [0.15, 0.2) is 22.7 Å². The molecular weight excluding hydrogens is 297 g/mol. The lowest BCUT2D eigenvalue weighted by atomic mass is 10.2. The number of nitrogens with zero attached hydrogens (tertiary/aromatic N) is 1. The monoisotopic (exact) mass is 303 g/mol. The Kier molecular flexibility index (Phi) is 3.28. The van der Waals surface area contributed by atoms with E-state index < -0.39 is 0 Å². The summed E-state index contributed by atoms with van der Waals surface area (Å²) in [6.07, 6.45) is 0. The van der Waals surface area contributed by atoms with E-state index in [9.17, 15) is 9.59 Å². The Hall–Kier alpha value is -0.910. The minimum atomic E-state index is -0.380. The molecule has 0 aliphatic carbocycles. The lowest BCUT2D eigenvalue weighted by Crippen LogP contribution is -2.46. The van der Waals surface area contributed by atoms with Crippen molar-refractivity contribution in [1.82, 2.24) is 0 Å². The molecule has 0 atom stereocenters. The SMILES string of the molecule is O=C1COCC(=O)N1c1ccc(Br)c(Cl)c1. The first-order valence-electron chi connectivity index (χ1n) is 4.48. The van der Waals surface area contributed by atoms with Crippen LogP contribution in [-0.4, -0.2) is 25.0 Å². The van der Waals surface area contributed by atoms with E-state index in [0.717, 1.165) is 4.90 Å². The molecule has 84 valence electrons. The maximum Gasteiger partial charge on any atom is 0.259 e. The van der Waals surface area contributed by atoms with Gasteiger partial charge in [0, 0.05) is 4.47 Å². The highest BCUT2D eigenvalue weighted by atomic mass is 79.9. The number of morpholine rings is 1. The van der Waals surface area contributed by atoms with Crippen molar-refractivity contribution in [3.8, 4) is 0 Å². The Bertz CT molecular complexity index is 447. The van der Waals surface area contributed by atoms with Crippen LogP contribution >= 0.6 is 27.5 Å². The fraction of sp³-hybridized carbons (Fsp3) is 0.200. The molecule has 16 heavy (non-hydrogen) atoms. The van der Waals surface area contributed by atoms with Crippen LogP contribution in [0, 0.1) is 0 Å². The minimum Gasteiger partial charge on any atom is -0.362 e. The molecule has 6 heteroatoms. The van der Waals surface area contributed by atoms with Gasteiger partial charge in [0.2, 0.25) is 0 Å². The van der Waals surface area contributed by atoms with E-state index in [1.54, 1.807) is 18.2 Å². The molecule has 1 saturated heterocycles. The minimum absolute atomic E-state index is 0.0839. The summed E-state index contributed by atoms with van der Waals surface area (Å²) >= 11 is 9.14. The van der Waals surface area contributed by atoms with Gasteiger partial charge in [-0.15, -0.1) is 0 Å². The van der Waals surface area contributed by atoms with E-state index in [4.69, 9.17) is 16.3 Å². The van der Waals surface area contributed by atoms with Crippen molar-refractivity contribution >= 4 is 45.0 Å². The average Bonchev–Trinajstić information content (AvgIpc) is 2.23. The third-order valence-corrected chi connectivity index (χ3v) is 3.34. The second-order valence-electron chi connectivity index (χ2n) is 3.21. The first-order valence-corrected chi connectivity index (χ1v) is 5.65. The van der Waals surface area contributed by atoms with Crippen molar-refractivity contribution in [1.29, 1.82) is 0 Å². The van der Waals surface area contributed by atoms with Crippen LogP contribution in [0.1, 0.15) is 0 Å². The normalized spacial score (nSPS) is 16.8. The smallest absolute Gasteiger partial charge is 0.259 e. The molecule has 2 amide bonds. The number of halogens is 2. The fourth-order valence-corrected chi connectivity index (χ4v) is 1.83. The van der Waals surface area contributed by atoms with Crippen LogP contribution in [0.4, 0.5) is 5.69 Å². The van der Waals surface area contributed by atoms with Crippen molar-refractivity contribution < 1.29 is 14.3 Å². The van der Waals surface area contributed by atoms with E-state index in [2.05, 4.69) is 15.9 Å². The molecule has 0 radical (unpaired) electrons. The zero-order chi connectivity index (χ0) is 11.7. The van der Waals surface area contributed by atoms with Crippen LogP contribution in [-0.2, 0) is 14.3 Å². The number of benzene rings is 1. The lowest BCUT2D eigenvalue weighted by Gasteiger charge is -2.25. The quantitative estimate of drug-likeness (QED) is 0.746. The summed E-state index contributed by atoms with van der Waals surface area (Å²) in [4.78, 5) is 24.1. The van der Waals surface area contributed by atoms with Crippen molar-refractivity contribution in [3.63, 3.8) is 0 Å². The standard InChI is InChI=1S/C10H7BrClNO3/c11-7-2-1-6(3-8(7)12)13-9(14)4-16-5-10(13)15/h1-3H,4-5H2. The van der Waals surface area contributed by atoms with Gasteiger partial charge in [0.15, 0.2) is 0 Å². The van der Waals surface area contributed by atoms with Crippen LogP contribution in [0.3, 0.4) is 0 Å². The predicted molar refractivity (Wildman–Crippen MR) is 62.5 cm³/mol.